The summed E-state index contributed by atoms with van der Waals surface area (Å²) in [6.45, 7) is 6.85. The number of hydrogen-bond acceptors (Lipinski definition) is 4. The summed E-state index contributed by atoms with van der Waals surface area (Å²) in [5.74, 6) is 1.59. The van der Waals surface area contributed by atoms with E-state index in [4.69, 9.17) is 9.15 Å². The van der Waals surface area contributed by atoms with Crippen molar-refractivity contribution in [3.05, 3.63) is 24.2 Å². The molecule has 4 heteroatoms. The summed E-state index contributed by atoms with van der Waals surface area (Å²) >= 11 is 0. The maximum absolute atomic E-state index is 5.60. The van der Waals surface area contributed by atoms with Gasteiger partial charge in [-0.1, -0.05) is 6.92 Å². The summed E-state index contributed by atoms with van der Waals surface area (Å²) in [6, 6.07) is 4.55. The standard InChI is InChI=1S/C14H24N2O2/c1-3-15-14-6-8-17-11-12(14)9-16(2)10-13-5-4-7-18-13/h4-5,7,12,14-15H,3,6,8-11H2,1-2H3. The first kappa shape index (κ1) is 13.6. The Morgan fingerprint density at radius 2 is 2.39 bits per heavy atom. The zero-order valence-electron chi connectivity index (χ0n) is 11.4. The highest BCUT2D eigenvalue weighted by Gasteiger charge is 2.26. The molecule has 2 atom stereocenters. The fraction of sp³-hybridized carbons (Fsp3) is 0.714. The lowest BCUT2D eigenvalue weighted by Crippen LogP contribution is -2.47. The van der Waals surface area contributed by atoms with Crippen molar-refractivity contribution >= 4 is 0 Å². The molecule has 0 amide bonds. The van der Waals surface area contributed by atoms with Gasteiger partial charge in [-0.05, 0) is 32.1 Å². The van der Waals surface area contributed by atoms with Crippen molar-refractivity contribution in [3.8, 4) is 0 Å². The third kappa shape index (κ3) is 3.83. The molecular formula is C14H24N2O2. The zero-order chi connectivity index (χ0) is 12.8. The molecule has 1 aliphatic heterocycles. The number of ether oxygens (including phenoxy) is 1. The molecule has 2 unspecified atom stereocenters. The van der Waals surface area contributed by atoms with Crippen molar-refractivity contribution < 1.29 is 9.15 Å². The minimum Gasteiger partial charge on any atom is -0.468 e. The number of nitrogens with zero attached hydrogens (tertiary/aromatic N) is 1. The van der Waals surface area contributed by atoms with Gasteiger partial charge in [-0.25, -0.2) is 0 Å². The molecule has 0 aromatic carbocycles. The molecule has 0 saturated carbocycles. The van der Waals surface area contributed by atoms with Gasteiger partial charge < -0.3 is 14.5 Å². The summed E-state index contributed by atoms with van der Waals surface area (Å²) in [5.41, 5.74) is 0. The van der Waals surface area contributed by atoms with Crippen LogP contribution in [0, 0.1) is 5.92 Å². The highest BCUT2D eigenvalue weighted by Crippen LogP contribution is 2.17. The first-order valence-electron chi connectivity index (χ1n) is 6.81. The molecular weight excluding hydrogens is 228 g/mol. The second kappa shape index (κ2) is 6.92. The Morgan fingerprint density at radius 3 is 3.11 bits per heavy atom. The van der Waals surface area contributed by atoms with Crippen molar-refractivity contribution in [3.63, 3.8) is 0 Å². The van der Waals surface area contributed by atoms with Gasteiger partial charge in [-0.15, -0.1) is 0 Å². The molecule has 18 heavy (non-hydrogen) atoms. The molecule has 0 spiro atoms. The van der Waals surface area contributed by atoms with Gasteiger partial charge in [-0.2, -0.15) is 0 Å². The molecule has 1 N–H and O–H groups in total. The molecule has 1 aromatic rings. The lowest BCUT2D eigenvalue weighted by atomic mass is 9.95. The minimum absolute atomic E-state index is 0.568. The van der Waals surface area contributed by atoms with Crippen LogP contribution in [0.1, 0.15) is 19.1 Å². The summed E-state index contributed by atoms with van der Waals surface area (Å²) in [7, 11) is 2.14. The Balaban J connectivity index is 1.82. The SMILES string of the molecule is CCNC1CCOCC1CN(C)Cc1ccco1. The molecule has 2 rings (SSSR count). The molecule has 1 saturated heterocycles. The second-order valence-electron chi connectivity index (χ2n) is 5.06. The van der Waals surface area contributed by atoms with Gasteiger partial charge in [-0.3, -0.25) is 4.90 Å². The Labute approximate surface area is 109 Å². The topological polar surface area (TPSA) is 37.6 Å². The van der Waals surface area contributed by atoms with Gasteiger partial charge in [0.05, 0.1) is 19.4 Å². The Bertz CT molecular complexity index is 325. The molecule has 0 bridgehead atoms. The average Bonchev–Trinajstić information content (AvgIpc) is 2.84. The fourth-order valence-corrected chi connectivity index (χ4v) is 2.64. The van der Waals surface area contributed by atoms with Crippen molar-refractivity contribution in [1.82, 2.24) is 10.2 Å². The smallest absolute Gasteiger partial charge is 0.117 e. The van der Waals surface area contributed by atoms with Crippen molar-refractivity contribution in [2.45, 2.75) is 25.9 Å². The van der Waals surface area contributed by atoms with Crippen LogP contribution in [0.2, 0.25) is 0 Å². The molecule has 0 radical (unpaired) electrons. The number of hydrogen-bond donors (Lipinski definition) is 1. The van der Waals surface area contributed by atoms with Crippen LogP contribution in [0.25, 0.3) is 0 Å². The predicted octanol–water partition coefficient (Wildman–Crippen LogP) is 1.73. The molecule has 1 aromatic heterocycles. The molecule has 1 aliphatic rings. The van der Waals surface area contributed by atoms with Gasteiger partial charge in [0.25, 0.3) is 0 Å². The second-order valence-corrected chi connectivity index (χ2v) is 5.06. The van der Waals surface area contributed by atoms with E-state index >= 15 is 0 Å². The van der Waals surface area contributed by atoms with Gasteiger partial charge in [0.1, 0.15) is 5.76 Å². The van der Waals surface area contributed by atoms with Crippen molar-refractivity contribution in [1.29, 1.82) is 0 Å². The highest BCUT2D eigenvalue weighted by molar-refractivity contribution is 4.97. The lowest BCUT2D eigenvalue weighted by Gasteiger charge is -2.34. The van der Waals surface area contributed by atoms with E-state index in [0.29, 0.717) is 12.0 Å². The number of rotatable bonds is 6. The number of furan rings is 1. The highest BCUT2D eigenvalue weighted by atomic mass is 16.5. The van der Waals surface area contributed by atoms with Crippen LogP contribution in [-0.4, -0.2) is 44.3 Å². The molecule has 2 heterocycles. The molecule has 4 nitrogen and oxygen atoms in total. The monoisotopic (exact) mass is 252 g/mol. The Kier molecular flexibility index (Phi) is 5.23. The molecule has 0 aliphatic carbocycles. The van der Waals surface area contributed by atoms with Crippen LogP contribution < -0.4 is 5.32 Å². The van der Waals surface area contributed by atoms with E-state index < -0.39 is 0 Å². The summed E-state index contributed by atoms with van der Waals surface area (Å²) in [4.78, 5) is 2.31. The molecule has 102 valence electrons. The van der Waals surface area contributed by atoms with E-state index in [1.165, 1.54) is 0 Å². The first-order chi connectivity index (χ1) is 8.79. The number of nitrogens with one attached hydrogen (secondary N) is 1. The quantitative estimate of drug-likeness (QED) is 0.836. The summed E-state index contributed by atoms with van der Waals surface area (Å²) < 4.78 is 11.0. The van der Waals surface area contributed by atoms with E-state index in [9.17, 15) is 0 Å². The third-order valence-electron chi connectivity index (χ3n) is 3.49. The van der Waals surface area contributed by atoms with E-state index in [1.807, 2.05) is 12.1 Å². The van der Waals surface area contributed by atoms with Crippen LogP contribution in [0.4, 0.5) is 0 Å². The van der Waals surface area contributed by atoms with E-state index in [2.05, 4.69) is 24.2 Å². The average molecular weight is 252 g/mol. The largest absolute Gasteiger partial charge is 0.468 e. The maximum Gasteiger partial charge on any atom is 0.117 e. The lowest BCUT2D eigenvalue weighted by molar-refractivity contribution is 0.0186. The van der Waals surface area contributed by atoms with Gasteiger partial charge in [0.15, 0.2) is 0 Å². The summed E-state index contributed by atoms with van der Waals surface area (Å²) in [5, 5.41) is 3.57. The normalized spacial score (nSPS) is 24.6. The van der Waals surface area contributed by atoms with Crippen LogP contribution in [0.5, 0.6) is 0 Å². The van der Waals surface area contributed by atoms with Gasteiger partial charge >= 0.3 is 0 Å². The Hall–Kier alpha value is -0.840. The van der Waals surface area contributed by atoms with E-state index in [1.54, 1.807) is 6.26 Å². The minimum atomic E-state index is 0.568. The predicted molar refractivity (Wildman–Crippen MR) is 71.4 cm³/mol. The van der Waals surface area contributed by atoms with Crippen molar-refractivity contribution in [2.75, 3.05) is 33.4 Å². The summed E-state index contributed by atoms with van der Waals surface area (Å²) in [6.07, 6.45) is 2.85. The zero-order valence-corrected chi connectivity index (χ0v) is 11.4. The van der Waals surface area contributed by atoms with Crippen LogP contribution in [0.15, 0.2) is 22.8 Å². The van der Waals surface area contributed by atoms with E-state index in [0.717, 1.165) is 45.0 Å². The van der Waals surface area contributed by atoms with Gasteiger partial charge in [0.2, 0.25) is 0 Å². The fourth-order valence-electron chi connectivity index (χ4n) is 2.64. The molecule has 1 fully saturated rings. The van der Waals surface area contributed by atoms with Crippen LogP contribution in [0.3, 0.4) is 0 Å². The Morgan fingerprint density at radius 1 is 1.50 bits per heavy atom. The maximum atomic E-state index is 5.60. The van der Waals surface area contributed by atoms with Crippen molar-refractivity contribution in [2.24, 2.45) is 5.92 Å². The van der Waals surface area contributed by atoms with E-state index in [-0.39, 0.29) is 0 Å². The van der Waals surface area contributed by atoms with Gasteiger partial charge in [0, 0.05) is 25.1 Å². The first-order valence-corrected chi connectivity index (χ1v) is 6.81. The third-order valence-corrected chi connectivity index (χ3v) is 3.49. The van der Waals surface area contributed by atoms with Crippen LogP contribution in [-0.2, 0) is 11.3 Å². The van der Waals surface area contributed by atoms with Crippen LogP contribution >= 0.6 is 0 Å².